The molecule has 4 N–H and O–H groups in total. The molecule has 150 valence electrons. The van der Waals surface area contributed by atoms with Crippen LogP contribution in [-0.4, -0.2) is 52.8 Å². The van der Waals surface area contributed by atoms with E-state index in [1.54, 1.807) is 11.3 Å². The van der Waals surface area contributed by atoms with E-state index in [4.69, 9.17) is 10.7 Å². The number of nitrogen functional groups attached to an aromatic ring is 1. The van der Waals surface area contributed by atoms with E-state index in [-0.39, 0.29) is 36.8 Å². The quantitative estimate of drug-likeness (QED) is 0.688. The molecule has 1 aliphatic carbocycles. The first kappa shape index (κ1) is 21.0. The lowest BCUT2D eigenvalue weighted by molar-refractivity contribution is 0.123. The average Bonchev–Trinajstić information content (AvgIpc) is 3.24. The van der Waals surface area contributed by atoms with Crippen LogP contribution in [0.4, 0.5) is 5.82 Å². The predicted molar refractivity (Wildman–Crippen MR) is 114 cm³/mol. The average molecular weight is 432 g/mol. The number of hydrogen-bond acceptors (Lipinski definition) is 7. The number of aliphatic hydroxyl groups is 1. The molecule has 0 radical (unpaired) electrons. The first-order valence-corrected chi connectivity index (χ1v) is 10.1. The molecule has 2 unspecified atom stereocenters. The molecule has 2 fully saturated rings. The molecule has 6 nitrogen and oxygen atoms in total. The maximum absolute atomic E-state index is 9.87. The fourth-order valence-corrected chi connectivity index (χ4v) is 6.27. The van der Waals surface area contributed by atoms with E-state index in [0.29, 0.717) is 11.7 Å². The summed E-state index contributed by atoms with van der Waals surface area (Å²) in [4.78, 5) is 14.4. The van der Waals surface area contributed by atoms with Crippen LogP contribution >= 0.6 is 36.2 Å². The molecule has 3 aliphatic rings. The second kappa shape index (κ2) is 7.97. The molecule has 0 bridgehead atoms. The molecule has 2 saturated heterocycles. The maximum Gasteiger partial charge on any atom is 0.146 e. The van der Waals surface area contributed by atoms with Crippen LogP contribution in [0.2, 0.25) is 0 Å². The van der Waals surface area contributed by atoms with Crippen molar-refractivity contribution in [3.8, 4) is 0 Å². The van der Waals surface area contributed by atoms with Gasteiger partial charge < -0.3 is 16.2 Å². The van der Waals surface area contributed by atoms with Crippen LogP contribution in [0.5, 0.6) is 0 Å². The van der Waals surface area contributed by atoms with Gasteiger partial charge in [-0.2, -0.15) is 0 Å². The van der Waals surface area contributed by atoms with Crippen LogP contribution in [-0.2, 0) is 19.4 Å². The van der Waals surface area contributed by atoms with Crippen molar-refractivity contribution in [2.45, 2.75) is 32.2 Å². The van der Waals surface area contributed by atoms with Gasteiger partial charge in [0.25, 0.3) is 0 Å². The molecule has 0 spiro atoms. The van der Waals surface area contributed by atoms with Crippen LogP contribution in [0.15, 0.2) is 0 Å². The molecule has 4 heterocycles. The normalized spacial score (nSPS) is 27.1. The smallest absolute Gasteiger partial charge is 0.146 e. The van der Waals surface area contributed by atoms with E-state index in [9.17, 15) is 5.11 Å². The van der Waals surface area contributed by atoms with Gasteiger partial charge in [-0.15, -0.1) is 36.2 Å². The van der Waals surface area contributed by atoms with Crippen molar-refractivity contribution in [3.05, 3.63) is 16.3 Å². The minimum Gasteiger partial charge on any atom is -0.396 e. The summed E-state index contributed by atoms with van der Waals surface area (Å²) < 4.78 is 0. The predicted octanol–water partition coefficient (Wildman–Crippen LogP) is 2.01. The first-order chi connectivity index (χ1) is 12.2. The molecule has 0 amide bonds. The largest absolute Gasteiger partial charge is 0.396 e. The topological polar surface area (TPSA) is 87.3 Å². The highest BCUT2D eigenvalue weighted by Gasteiger charge is 2.49. The van der Waals surface area contributed by atoms with Crippen molar-refractivity contribution in [3.63, 3.8) is 0 Å². The van der Waals surface area contributed by atoms with Crippen molar-refractivity contribution < 1.29 is 5.11 Å². The van der Waals surface area contributed by atoms with Crippen LogP contribution in [0.3, 0.4) is 0 Å². The summed E-state index contributed by atoms with van der Waals surface area (Å²) in [7, 11) is 0. The Balaban J connectivity index is 0.00000105. The Morgan fingerprint density at radius 1 is 1.26 bits per heavy atom. The van der Waals surface area contributed by atoms with E-state index in [1.807, 2.05) is 0 Å². The fraction of sp³-hybridized carbons (Fsp3) is 0.667. The third-order valence-corrected chi connectivity index (χ3v) is 7.51. The molecule has 0 saturated carbocycles. The Labute approximate surface area is 175 Å². The van der Waals surface area contributed by atoms with Gasteiger partial charge in [0, 0.05) is 29.9 Å². The lowest BCUT2D eigenvalue weighted by atomic mass is 9.82. The lowest BCUT2D eigenvalue weighted by Crippen LogP contribution is -2.36. The van der Waals surface area contributed by atoms with Crippen molar-refractivity contribution in [2.75, 3.05) is 38.5 Å². The fourth-order valence-electron chi connectivity index (χ4n) is 4.98. The van der Waals surface area contributed by atoms with Crippen molar-refractivity contribution in [1.82, 2.24) is 20.2 Å². The third kappa shape index (κ3) is 3.43. The second-order valence-corrected chi connectivity index (χ2v) is 9.02. The molecule has 2 aromatic rings. The van der Waals surface area contributed by atoms with Gasteiger partial charge in [0.2, 0.25) is 0 Å². The highest BCUT2D eigenvalue weighted by atomic mass is 35.5. The number of nitrogens with zero attached hydrogens (tertiary/aromatic N) is 3. The maximum atomic E-state index is 9.87. The standard InChI is InChI=1S/C18H25N5OS.2ClH/c19-16-15-12-3-1-2-4-13(12)25-17(15)22-14(21-16)7-23-6-11-5-20-8-18(11,9-23)10-24;;/h11,20,24H,1-10H2,(H2,19,21,22);2*1H. The van der Waals surface area contributed by atoms with E-state index in [0.717, 1.165) is 61.6 Å². The van der Waals surface area contributed by atoms with E-state index in [2.05, 4.69) is 15.2 Å². The summed E-state index contributed by atoms with van der Waals surface area (Å²) in [5.74, 6) is 1.99. The summed E-state index contributed by atoms with van der Waals surface area (Å²) in [6.07, 6.45) is 4.78. The molecule has 2 atom stereocenters. The van der Waals surface area contributed by atoms with Crippen LogP contribution < -0.4 is 11.1 Å². The Bertz CT molecular complexity index is 832. The number of hydrogen-bond donors (Lipinski definition) is 3. The van der Waals surface area contributed by atoms with E-state index >= 15 is 0 Å². The van der Waals surface area contributed by atoms with E-state index < -0.39 is 0 Å². The molecule has 0 aromatic carbocycles. The summed E-state index contributed by atoms with van der Waals surface area (Å²) in [5, 5.41) is 14.4. The number of fused-ring (bicyclic) bond motifs is 4. The van der Waals surface area contributed by atoms with Crippen molar-refractivity contribution in [1.29, 1.82) is 0 Å². The second-order valence-electron chi connectivity index (χ2n) is 7.93. The third-order valence-electron chi connectivity index (χ3n) is 6.32. The molecule has 2 aromatic heterocycles. The number of halogens is 2. The van der Waals surface area contributed by atoms with Gasteiger partial charge in [-0.3, -0.25) is 4.90 Å². The zero-order valence-corrected chi connectivity index (χ0v) is 17.7. The highest BCUT2D eigenvalue weighted by Crippen LogP contribution is 2.40. The van der Waals surface area contributed by atoms with Gasteiger partial charge in [0.15, 0.2) is 0 Å². The van der Waals surface area contributed by atoms with Gasteiger partial charge in [-0.1, -0.05) is 0 Å². The van der Waals surface area contributed by atoms with E-state index in [1.165, 1.54) is 23.3 Å². The number of aromatic nitrogens is 2. The summed E-state index contributed by atoms with van der Waals surface area (Å²) >= 11 is 1.81. The number of rotatable bonds is 3. The number of nitrogens with two attached hydrogens (primary N) is 1. The van der Waals surface area contributed by atoms with Gasteiger partial charge in [0.05, 0.1) is 18.5 Å². The van der Waals surface area contributed by atoms with Gasteiger partial charge >= 0.3 is 0 Å². The number of aliphatic hydroxyl groups excluding tert-OH is 1. The van der Waals surface area contributed by atoms with Gasteiger partial charge in [0.1, 0.15) is 16.5 Å². The minimum atomic E-state index is 0. The van der Waals surface area contributed by atoms with Gasteiger partial charge in [-0.05, 0) is 43.7 Å². The number of likely N-dealkylation sites (tertiary alicyclic amines) is 1. The minimum absolute atomic E-state index is 0. The summed E-state index contributed by atoms with van der Waals surface area (Å²) in [6.45, 7) is 4.78. The first-order valence-electron chi connectivity index (χ1n) is 9.29. The van der Waals surface area contributed by atoms with Gasteiger partial charge in [-0.25, -0.2) is 9.97 Å². The Hall–Kier alpha value is -0.700. The highest BCUT2D eigenvalue weighted by molar-refractivity contribution is 7.19. The number of anilines is 1. The van der Waals surface area contributed by atoms with Crippen LogP contribution in [0.1, 0.15) is 29.1 Å². The molecule has 2 aliphatic heterocycles. The Kier molecular flexibility index (Phi) is 6.20. The molecule has 9 heteroatoms. The zero-order chi connectivity index (χ0) is 17.0. The summed E-state index contributed by atoms with van der Waals surface area (Å²) in [5.41, 5.74) is 7.74. The molecule has 5 rings (SSSR count). The number of aryl methyl sites for hydroxylation is 2. The Morgan fingerprint density at radius 2 is 2.07 bits per heavy atom. The Morgan fingerprint density at radius 3 is 2.85 bits per heavy atom. The summed E-state index contributed by atoms with van der Waals surface area (Å²) in [6, 6.07) is 0. The molecule has 27 heavy (non-hydrogen) atoms. The SMILES string of the molecule is Cl.Cl.Nc1nc(CN2CC3CNCC3(CO)C2)nc2sc3c(c12)CCCC3. The molecular formula is C18H27Cl2N5OS. The molecular weight excluding hydrogens is 405 g/mol. The monoisotopic (exact) mass is 431 g/mol. The number of thiophene rings is 1. The number of nitrogens with one attached hydrogen (secondary N) is 1. The van der Waals surface area contributed by atoms with Crippen LogP contribution in [0.25, 0.3) is 10.2 Å². The van der Waals surface area contributed by atoms with Crippen molar-refractivity contribution in [2.24, 2.45) is 11.3 Å². The zero-order valence-electron chi connectivity index (χ0n) is 15.2. The van der Waals surface area contributed by atoms with Crippen molar-refractivity contribution >= 4 is 52.2 Å². The lowest BCUT2D eigenvalue weighted by Gasteiger charge is -2.25. The van der Waals surface area contributed by atoms with Crippen LogP contribution in [0, 0.1) is 11.3 Å².